The third-order valence-corrected chi connectivity index (χ3v) is 11.4. The highest BCUT2D eigenvalue weighted by atomic mass is 16.3. The van der Waals surface area contributed by atoms with E-state index in [1.54, 1.807) is 0 Å². The molecule has 0 aliphatic rings. The third kappa shape index (κ3) is 6.78. The third-order valence-electron chi connectivity index (χ3n) is 11.4. The molecule has 0 saturated carbocycles. The number of para-hydroxylation sites is 4. The Balaban J connectivity index is 1.14. The predicted octanol–water partition coefficient (Wildman–Crippen LogP) is 16.2. The molecule has 5 nitrogen and oxygen atoms in total. The van der Waals surface area contributed by atoms with Crippen LogP contribution in [0, 0.1) is 0 Å². The number of hydrogen-bond acceptors (Lipinski definition) is 5. The van der Waals surface area contributed by atoms with E-state index in [0.717, 1.165) is 89.4 Å². The molecule has 1 heterocycles. The van der Waals surface area contributed by atoms with E-state index in [9.17, 15) is 0 Å². The summed E-state index contributed by atoms with van der Waals surface area (Å²) in [6.45, 7) is 0. The molecule has 0 aliphatic carbocycles. The lowest BCUT2D eigenvalue weighted by Crippen LogP contribution is -2.14. The van der Waals surface area contributed by atoms with Gasteiger partial charge in [0.2, 0.25) is 5.89 Å². The maximum absolute atomic E-state index is 6.66. The average Bonchev–Trinajstić information content (AvgIpc) is 3.79. The highest BCUT2D eigenvalue weighted by Gasteiger charge is 2.22. The van der Waals surface area contributed by atoms with Gasteiger partial charge in [0, 0.05) is 61.8 Å². The molecule has 11 rings (SSSR count). The Morgan fingerprint density at radius 3 is 1.24 bits per heavy atom. The fraction of sp³-hybridized carbons (Fsp3) is 0. The van der Waals surface area contributed by atoms with Gasteiger partial charge in [0.25, 0.3) is 0 Å². The van der Waals surface area contributed by atoms with Crippen molar-refractivity contribution in [2.24, 2.45) is 0 Å². The SMILES string of the molecule is c1ccc(-c2nc3ccc4ccc5c(N(c6cccc(N(c7ccccc7)c7ccccc7)c6)c6cccc(N(c7ccccc7)c7ccccc7)c6)cccc5c4c3o2)cc1. The standard InChI is InChI=1S/C57H40N4O/c1-6-19-42(20-7-1)57-58-53-38-36-41-35-37-51-52(55(41)56(53)62-57)33-18-34-54(51)61(49-31-16-29-47(39-49)59(43-21-8-2-9-22-43)44-23-10-3-11-24-44)50-32-17-30-48(40-50)60(45-25-12-4-13-26-45)46-27-14-5-15-28-46/h1-40H. The Labute approximate surface area is 360 Å². The Morgan fingerprint density at radius 2 is 0.742 bits per heavy atom. The topological polar surface area (TPSA) is 35.8 Å². The minimum atomic E-state index is 0.610. The molecule has 0 aliphatic heterocycles. The van der Waals surface area contributed by atoms with Crippen molar-refractivity contribution in [1.82, 2.24) is 4.98 Å². The first-order chi connectivity index (χ1) is 30.8. The normalized spacial score (nSPS) is 11.2. The van der Waals surface area contributed by atoms with Crippen molar-refractivity contribution in [3.8, 4) is 11.5 Å². The fourth-order valence-electron chi connectivity index (χ4n) is 8.61. The first-order valence-electron chi connectivity index (χ1n) is 20.9. The smallest absolute Gasteiger partial charge is 0.227 e. The zero-order valence-corrected chi connectivity index (χ0v) is 33.8. The van der Waals surface area contributed by atoms with Crippen molar-refractivity contribution in [2.75, 3.05) is 14.7 Å². The summed E-state index contributed by atoms with van der Waals surface area (Å²) in [7, 11) is 0. The Bertz CT molecular complexity index is 3090. The van der Waals surface area contributed by atoms with Gasteiger partial charge in [-0.05, 0) is 120 Å². The predicted molar refractivity (Wildman–Crippen MR) is 259 cm³/mol. The summed E-state index contributed by atoms with van der Waals surface area (Å²) in [5.41, 5.74) is 12.0. The van der Waals surface area contributed by atoms with Crippen molar-refractivity contribution in [3.63, 3.8) is 0 Å². The molecule has 5 heteroatoms. The van der Waals surface area contributed by atoms with Crippen LogP contribution in [-0.2, 0) is 0 Å². The molecular weight excluding hydrogens is 757 g/mol. The number of aromatic nitrogens is 1. The maximum Gasteiger partial charge on any atom is 0.227 e. The highest BCUT2D eigenvalue weighted by molar-refractivity contribution is 6.20. The lowest BCUT2D eigenvalue weighted by molar-refractivity contribution is 0.623. The molecular formula is C57H40N4O. The number of anilines is 9. The molecule has 0 saturated heterocycles. The van der Waals surface area contributed by atoms with Gasteiger partial charge < -0.3 is 19.1 Å². The van der Waals surface area contributed by atoms with Gasteiger partial charge in [-0.2, -0.15) is 0 Å². The number of hydrogen-bond donors (Lipinski definition) is 0. The van der Waals surface area contributed by atoms with E-state index in [1.807, 2.05) is 30.3 Å². The molecule has 0 N–H and O–H groups in total. The van der Waals surface area contributed by atoms with Gasteiger partial charge in [0.1, 0.15) is 5.52 Å². The first-order valence-corrected chi connectivity index (χ1v) is 20.9. The number of fused-ring (bicyclic) bond motifs is 5. The molecule has 294 valence electrons. The molecule has 0 fully saturated rings. The molecule has 11 aromatic rings. The van der Waals surface area contributed by atoms with Crippen molar-refractivity contribution < 1.29 is 4.42 Å². The van der Waals surface area contributed by atoms with Gasteiger partial charge in [0.15, 0.2) is 5.58 Å². The van der Waals surface area contributed by atoms with Crippen molar-refractivity contribution in [1.29, 1.82) is 0 Å². The van der Waals surface area contributed by atoms with E-state index in [1.165, 1.54) is 0 Å². The molecule has 62 heavy (non-hydrogen) atoms. The minimum Gasteiger partial charge on any atom is -0.435 e. The lowest BCUT2D eigenvalue weighted by Gasteiger charge is -2.31. The van der Waals surface area contributed by atoms with Crippen LogP contribution in [0.15, 0.2) is 247 Å². The fourth-order valence-corrected chi connectivity index (χ4v) is 8.61. The van der Waals surface area contributed by atoms with Gasteiger partial charge in [-0.15, -0.1) is 0 Å². The first kappa shape index (κ1) is 36.7. The second-order valence-corrected chi connectivity index (χ2v) is 15.2. The van der Waals surface area contributed by atoms with E-state index in [-0.39, 0.29) is 0 Å². The van der Waals surface area contributed by atoms with Gasteiger partial charge in [-0.25, -0.2) is 4.98 Å². The highest BCUT2D eigenvalue weighted by Crippen LogP contribution is 2.46. The van der Waals surface area contributed by atoms with Crippen LogP contribution in [0.1, 0.15) is 0 Å². The minimum absolute atomic E-state index is 0.610. The second kappa shape index (κ2) is 16.0. The molecule has 0 spiro atoms. The Kier molecular flexibility index (Phi) is 9.45. The summed E-state index contributed by atoms with van der Waals surface area (Å²) in [4.78, 5) is 12.0. The van der Waals surface area contributed by atoms with Crippen LogP contribution in [0.4, 0.5) is 51.2 Å². The van der Waals surface area contributed by atoms with Crippen LogP contribution >= 0.6 is 0 Å². The summed E-state index contributed by atoms with van der Waals surface area (Å²) in [5, 5.41) is 4.31. The van der Waals surface area contributed by atoms with Crippen LogP contribution < -0.4 is 14.7 Å². The quantitative estimate of drug-likeness (QED) is 0.129. The summed E-state index contributed by atoms with van der Waals surface area (Å²) >= 11 is 0. The van der Waals surface area contributed by atoms with Gasteiger partial charge in [-0.1, -0.05) is 133 Å². The van der Waals surface area contributed by atoms with Crippen LogP contribution in [0.5, 0.6) is 0 Å². The van der Waals surface area contributed by atoms with Gasteiger partial charge >= 0.3 is 0 Å². The average molecular weight is 797 g/mol. The summed E-state index contributed by atoms with van der Waals surface area (Å²) in [6, 6.07) is 85.3. The van der Waals surface area contributed by atoms with Crippen molar-refractivity contribution in [3.05, 3.63) is 243 Å². The number of rotatable bonds is 10. The maximum atomic E-state index is 6.66. The summed E-state index contributed by atoms with van der Waals surface area (Å²) < 4.78 is 6.66. The van der Waals surface area contributed by atoms with E-state index < -0.39 is 0 Å². The summed E-state index contributed by atoms with van der Waals surface area (Å²) in [5.74, 6) is 0.610. The molecule has 0 unspecified atom stereocenters. The number of oxazole rings is 1. The van der Waals surface area contributed by atoms with Crippen LogP contribution in [0.3, 0.4) is 0 Å². The van der Waals surface area contributed by atoms with Crippen LogP contribution in [-0.4, -0.2) is 4.98 Å². The van der Waals surface area contributed by atoms with E-state index in [4.69, 9.17) is 9.40 Å². The van der Waals surface area contributed by atoms with E-state index in [2.05, 4.69) is 227 Å². The van der Waals surface area contributed by atoms with Crippen molar-refractivity contribution in [2.45, 2.75) is 0 Å². The zero-order chi connectivity index (χ0) is 41.2. The molecule has 0 atom stereocenters. The van der Waals surface area contributed by atoms with E-state index >= 15 is 0 Å². The van der Waals surface area contributed by atoms with Crippen LogP contribution in [0.2, 0.25) is 0 Å². The van der Waals surface area contributed by atoms with Crippen LogP contribution in [0.25, 0.3) is 44.1 Å². The number of benzene rings is 10. The molecule has 1 aromatic heterocycles. The largest absolute Gasteiger partial charge is 0.435 e. The van der Waals surface area contributed by atoms with E-state index in [0.29, 0.717) is 5.89 Å². The summed E-state index contributed by atoms with van der Waals surface area (Å²) in [6.07, 6.45) is 0. The second-order valence-electron chi connectivity index (χ2n) is 15.2. The zero-order valence-electron chi connectivity index (χ0n) is 33.8. The van der Waals surface area contributed by atoms with Gasteiger partial charge in [-0.3, -0.25) is 0 Å². The van der Waals surface area contributed by atoms with Crippen molar-refractivity contribution >= 4 is 83.8 Å². The van der Waals surface area contributed by atoms with Gasteiger partial charge in [0.05, 0.1) is 5.69 Å². The lowest BCUT2D eigenvalue weighted by atomic mass is 9.99. The monoisotopic (exact) mass is 796 g/mol. The Morgan fingerprint density at radius 1 is 0.323 bits per heavy atom. The molecule has 0 bridgehead atoms. The number of nitrogens with zero attached hydrogens (tertiary/aromatic N) is 4. The molecule has 0 amide bonds. The molecule has 0 radical (unpaired) electrons. The Hall–Kier alpha value is -8.41. The molecule has 10 aromatic carbocycles.